The molecule has 0 aliphatic carbocycles. The number of amides is 3. The molecule has 1 N–H and O–H groups in total. The monoisotopic (exact) mass is 296 g/mol. The topological polar surface area (TPSA) is 49.4 Å². The molecule has 1 heterocycles. The highest BCUT2D eigenvalue weighted by Crippen LogP contribution is 2.29. The van der Waals surface area contributed by atoms with Crippen LogP contribution in [0.15, 0.2) is 22.7 Å². The van der Waals surface area contributed by atoms with Crippen LogP contribution in [0.4, 0.5) is 10.5 Å². The molecule has 1 atom stereocenters. The van der Waals surface area contributed by atoms with Gasteiger partial charge in [0.15, 0.2) is 0 Å². The Hall–Kier alpha value is -1.36. The van der Waals surface area contributed by atoms with E-state index in [1.165, 1.54) is 0 Å². The van der Waals surface area contributed by atoms with Crippen LogP contribution in [0, 0.1) is 12.8 Å². The summed E-state index contributed by atoms with van der Waals surface area (Å²) in [7, 11) is 0. The number of carbonyl (C=O) groups is 2. The van der Waals surface area contributed by atoms with Crippen LogP contribution >= 0.6 is 15.9 Å². The van der Waals surface area contributed by atoms with Crippen LogP contribution in [-0.4, -0.2) is 18.5 Å². The fraction of sp³-hybridized carbons (Fsp3) is 0.333. The van der Waals surface area contributed by atoms with E-state index in [4.69, 9.17) is 0 Å². The molecule has 1 aliphatic rings. The molecule has 0 bridgehead atoms. The van der Waals surface area contributed by atoms with Gasteiger partial charge in [-0.3, -0.25) is 15.0 Å². The van der Waals surface area contributed by atoms with Crippen molar-refractivity contribution in [3.05, 3.63) is 28.2 Å². The van der Waals surface area contributed by atoms with Crippen LogP contribution in [0.1, 0.15) is 12.5 Å². The largest absolute Gasteiger partial charge is 0.328 e. The minimum atomic E-state index is -0.363. The molecule has 1 fully saturated rings. The number of rotatable bonds is 1. The molecule has 0 aromatic heterocycles. The Balaban J connectivity index is 2.33. The van der Waals surface area contributed by atoms with Gasteiger partial charge in [0.25, 0.3) is 0 Å². The maximum atomic E-state index is 11.8. The van der Waals surface area contributed by atoms with E-state index in [2.05, 4.69) is 21.2 Å². The number of benzene rings is 1. The normalized spacial score (nSPS) is 20.4. The maximum absolute atomic E-state index is 11.8. The molecule has 1 saturated heterocycles. The quantitative estimate of drug-likeness (QED) is 0.865. The van der Waals surface area contributed by atoms with Crippen molar-refractivity contribution in [2.75, 3.05) is 11.4 Å². The molecule has 5 heteroatoms. The number of nitrogens with one attached hydrogen (secondary N) is 1. The summed E-state index contributed by atoms with van der Waals surface area (Å²) in [5, 5.41) is 2.35. The smallest absolute Gasteiger partial charge is 0.292 e. The van der Waals surface area contributed by atoms with Gasteiger partial charge in [0.1, 0.15) is 0 Å². The van der Waals surface area contributed by atoms with Crippen LogP contribution in [0.3, 0.4) is 0 Å². The first-order valence-electron chi connectivity index (χ1n) is 5.37. The summed E-state index contributed by atoms with van der Waals surface area (Å²) < 4.78 is 0.856. The second kappa shape index (κ2) is 4.49. The standard InChI is InChI=1S/C12H13BrN2O2/c1-7-3-4-10(9(13)5-7)15-6-8(2)11(16)14-12(15)17/h3-5,8H,6H2,1-2H3,(H,14,16,17). The fourth-order valence-electron chi connectivity index (χ4n) is 1.77. The van der Waals surface area contributed by atoms with E-state index in [0.717, 1.165) is 15.7 Å². The summed E-state index contributed by atoms with van der Waals surface area (Å²) in [5.41, 5.74) is 1.90. The van der Waals surface area contributed by atoms with E-state index in [1.54, 1.807) is 11.8 Å². The Morgan fingerprint density at radius 1 is 1.41 bits per heavy atom. The van der Waals surface area contributed by atoms with Crippen molar-refractivity contribution in [2.45, 2.75) is 13.8 Å². The van der Waals surface area contributed by atoms with Crippen molar-refractivity contribution in [2.24, 2.45) is 5.92 Å². The van der Waals surface area contributed by atoms with E-state index >= 15 is 0 Å². The van der Waals surface area contributed by atoms with E-state index < -0.39 is 0 Å². The number of urea groups is 1. The second-order valence-electron chi connectivity index (χ2n) is 4.26. The number of nitrogens with zero attached hydrogens (tertiary/aromatic N) is 1. The molecular weight excluding hydrogens is 284 g/mol. The van der Waals surface area contributed by atoms with Gasteiger partial charge in [-0.15, -0.1) is 0 Å². The average Bonchev–Trinajstić information content (AvgIpc) is 2.24. The number of halogens is 1. The van der Waals surface area contributed by atoms with Gasteiger partial charge in [-0.25, -0.2) is 4.79 Å². The number of aryl methyl sites for hydroxylation is 1. The Morgan fingerprint density at radius 3 is 2.76 bits per heavy atom. The van der Waals surface area contributed by atoms with Crippen molar-refractivity contribution >= 4 is 33.6 Å². The summed E-state index contributed by atoms with van der Waals surface area (Å²) in [6, 6.07) is 5.40. The minimum absolute atomic E-state index is 0.194. The molecule has 0 radical (unpaired) electrons. The van der Waals surface area contributed by atoms with Crippen LogP contribution in [0.25, 0.3) is 0 Å². The van der Waals surface area contributed by atoms with E-state index in [-0.39, 0.29) is 17.9 Å². The van der Waals surface area contributed by atoms with Crippen molar-refractivity contribution in [3.63, 3.8) is 0 Å². The van der Waals surface area contributed by atoms with Gasteiger partial charge in [0.2, 0.25) is 5.91 Å². The number of anilines is 1. The molecule has 1 unspecified atom stereocenters. The minimum Gasteiger partial charge on any atom is -0.292 e. The van der Waals surface area contributed by atoms with Gasteiger partial charge in [-0.1, -0.05) is 13.0 Å². The molecular formula is C12H13BrN2O2. The number of imide groups is 1. The highest BCUT2D eigenvalue weighted by molar-refractivity contribution is 9.10. The zero-order valence-corrected chi connectivity index (χ0v) is 11.2. The molecule has 0 saturated carbocycles. The van der Waals surface area contributed by atoms with Gasteiger partial charge >= 0.3 is 6.03 Å². The summed E-state index contributed by atoms with van der Waals surface area (Å²) in [5.74, 6) is -0.407. The van der Waals surface area contributed by atoms with Gasteiger partial charge in [-0.05, 0) is 40.5 Å². The van der Waals surface area contributed by atoms with E-state index in [9.17, 15) is 9.59 Å². The Kier molecular flexibility index (Phi) is 3.19. The van der Waals surface area contributed by atoms with Gasteiger partial charge in [-0.2, -0.15) is 0 Å². The predicted octanol–water partition coefficient (Wildman–Crippen LogP) is 2.45. The zero-order valence-electron chi connectivity index (χ0n) is 9.66. The van der Waals surface area contributed by atoms with E-state index in [0.29, 0.717) is 6.54 Å². The molecule has 90 valence electrons. The number of hydrogen-bond donors (Lipinski definition) is 1. The van der Waals surface area contributed by atoms with Crippen molar-refractivity contribution < 1.29 is 9.59 Å². The van der Waals surface area contributed by atoms with Crippen molar-refractivity contribution in [1.82, 2.24) is 5.32 Å². The Bertz CT molecular complexity index is 487. The van der Waals surface area contributed by atoms with E-state index in [1.807, 2.05) is 25.1 Å². The highest BCUT2D eigenvalue weighted by atomic mass is 79.9. The third kappa shape index (κ3) is 2.34. The maximum Gasteiger partial charge on any atom is 0.328 e. The molecule has 17 heavy (non-hydrogen) atoms. The molecule has 4 nitrogen and oxygen atoms in total. The molecule has 1 aliphatic heterocycles. The van der Waals surface area contributed by atoms with Crippen LogP contribution in [-0.2, 0) is 4.79 Å². The molecule has 2 rings (SSSR count). The Labute approximate surface area is 108 Å². The lowest BCUT2D eigenvalue weighted by molar-refractivity contribution is -0.123. The summed E-state index contributed by atoms with van der Waals surface area (Å²) in [6.07, 6.45) is 0. The van der Waals surface area contributed by atoms with Crippen LogP contribution in [0.2, 0.25) is 0 Å². The number of carbonyl (C=O) groups excluding carboxylic acids is 2. The molecule has 1 aromatic carbocycles. The third-order valence-electron chi connectivity index (χ3n) is 2.77. The van der Waals surface area contributed by atoms with Gasteiger partial charge in [0, 0.05) is 11.0 Å². The molecule has 1 aromatic rings. The first kappa shape index (κ1) is 12.1. The number of hydrogen-bond acceptors (Lipinski definition) is 2. The molecule has 0 spiro atoms. The Morgan fingerprint density at radius 2 is 2.12 bits per heavy atom. The lowest BCUT2D eigenvalue weighted by Gasteiger charge is -2.31. The van der Waals surface area contributed by atoms with Crippen LogP contribution < -0.4 is 10.2 Å². The first-order valence-corrected chi connectivity index (χ1v) is 6.17. The average molecular weight is 297 g/mol. The van der Waals surface area contributed by atoms with Gasteiger partial charge < -0.3 is 0 Å². The highest BCUT2D eigenvalue weighted by Gasteiger charge is 2.30. The molecule has 3 amide bonds. The van der Waals surface area contributed by atoms with Crippen molar-refractivity contribution in [3.8, 4) is 0 Å². The fourth-order valence-corrected chi connectivity index (χ4v) is 2.48. The lowest BCUT2D eigenvalue weighted by Crippen LogP contribution is -2.54. The predicted molar refractivity (Wildman–Crippen MR) is 68.9 cm³/mol. The summed E-state index contributed by atoms with van der Waals surface area (Å²) >= 11 is 3.44. The summed E-state index contributed by atoms with van der Waals surface area (Å²) in [4.78, 5) is 24.7. The SMILES string of the molecule is Cc1ccc(N2CC(C)C(=O)NC2=O)c(Br)c1. The van der Waals surface area contributed by atoms with Crippen molar-refractivity contribution in [1.29, 1.82) is 0 Å². The van der Waals surface area contributed by atoms with Gasteiger partial charge in [0.05, 0.1) is 11.6 Å². The second-order valence-corrected chi connectivity index (χ2v) is 5.12. The first-order chi connectivity index (χ1) is 7.99. The van der Waals surface area contributed by atoms with Crippen LogP contribution in [0.5, 0.6) is 0 Å². The third-order valence-corrected chi connectivity index (χ3v) is 3.41. The zero-order chi connectivity index (χ0) is 12.6. The lowest BCUT2D eigenvalue weighted by atomic mass is 10.1. The summed E-state index contributed by atoms with van der Waals surface area (Å²) in [6.45, 7) is 4.19.